The number of aliphatic hydroxyl groups is 1. The van der Waals surface area contributed by atoms with Crippen LogP contribution in [0.5, 0.6) is 0 Å². The highest BCUT2D eigenvalue weighted by Gasteiger charge is 2.29. The van der Waals surface area contributed by atoms with Crippen molar-refractivity contribution in [3.05, 3.63) is 88.4 Å². The first-order valence-corrected chi connectivity index (χ1v) is 13.6. The van der Waals surface area contributed by atoms with Crippen LogP contribution >= 0.6 is 11.6 Å². The summed E-state index contributed by atoms with van der Waals surface area (Å²) in [6, 6.07) is 22.9. The molecule has 5 nitrogen and oxygen atoms in total. The number of hydrogen-bond acceptors (Lipinski definition) is 4. The van der Waals surface area contributed by atoms with E-state index in [1.54, 1.807) is 13.2 Å². The first kappa shape index (κ1) is 25.8. The Morgan fingerprint density at radius 1 is 1.05 bits per heavy atom. The molecule has 1 atom stereocenters. The zero-order valence-electron chi connectivity index (χ0n) is 21.3. The van der Waals surface area contributed by atoms with E-state index in [0.717, 1.165) is 56.4 Å². The van der Waals surface area contributed by atoms with Crippen LogP contribution in [0, 0.1) is 11.8 Å². The van der Waals surface area contributed by atoms with Crippen molar-refractivity contribution in [2.45, 2.75) is 44.9 Å². The molecule has 1 aliphatic heterocycles. The third kappa shape index (κ3) is 6.01. The van der Waals surface area contributed by atoms with E-state index in [9.17, 15) is 9.90 Å². The molecule has 0 radical (unpaired) electrons. The lowest BCUT2D eigenvalue weighted by molar-refractivity contribution is -0.122. The highest BCUT2D eigenvalue weighted by Crippen LogP contribution is 2.36. The molecule has 0 spiro atoms. The maximum atomic E-state index is 13.4. The van der Waals surface area contributed by atoms with Gasteiger partial charge >= 0.3 is 0 Å². The molecule has 1 aliphatic carbocycles. The number of hydrogen-bond donors (Lipinski definition) is 2. The fraction of sp³-hybridized carbons (Fsp3) is 0.387. The molecule has 0 saturated heterocycles. The Labute approximate surface area is 224 Å². The number of carbonyl (C=O) groups excluding carboxylic acids is 1. The standard InChI is InChI=1S/C31H35ClN2O3/c1-37-31(36)25-13-7-21(8-14-25)19-33-30(35)28-18-27(32)17-26-15-16-34(29(26)28)20-22-9-11-24(12-10-22)23-5-3-2-4-6-23/h2-6,9-12,17-18,21,25,31,36H,7-8,13-16,19-20H2,1H3,(H,33,35). The molecule has 1 heterocycles. The summed E-state index contributed by atoms with van der Waals surface area (Å²) in [5.41, 5.74) is 6.41. The molecule has 1 unspecified atom stereocenters. The van der Waals surface area contributed by atoms with Crippen LogP contribution in [-0.2, 0) is 17.7 Å². The third-order valence-electron chi connectivity index (χ3n) is 7.89. The number of rotatable bonds is 8. The van der Waals surface area contributed by atoms with Crippen LogP contribution in [0.25, 0.3) is 11.1 Å². The Hall–Kier alpha value is -2.86. The van der Waals surface area contributed by atoms with Gasteiger partial charge in [-0.05, 0) is 72.4 Å². The Kier molecular flexibility index (Phi) is 8.14. The first-order valence-electron chi connectivity index (χ1n) is 13.2. The van der Waals surface area contributed by atoms with Gasteiger partial charge in [0, 0.05) is 37.7 Å². The number of nitrogens with one attached hydrogen (secondary N) is 1. The maximum Gasteiger partial charge on any atom is 0.253 e. The minimum absolute atomic E-state index is 0.0656. The van der Waals surface area contributed by atoms with Crippen molar-refractivity contribution in [3.8, 4) is 11.1 Å². The van der Waals surface area contributed by atoms with Gasteiger partial charge in [-0.15, -0.1) is 0 Å². The Morgan fingerprint density at radius 3 is 2.46 bits per heavy atom. The van der Waals surface area contributed by atoms with Gasteiger partial charge in [-0.25, -0.2) is 0 Å². The van der Waals surface area contributed by atoms with Gasteiger partial charge in [-0.1, -0.05) is 66.2 Å². The lowest BCUT2D eigenvalue weighted by Gasteiger charge is -2.31. The monoisotopic (exact) mass is 518 g/mol. The number of carbonyl (C=O) groups is 1. The topological polar surface area (TPSA) is 61.8 Å². The summed E-state index contributed by atoms with van der Waals surface area (Å²) in [5, 5.41) is 13.7. The Morgan fingerprint density at radius 2 is 1.76 bits per heavy atom. The quantitative estimate of drug-likeness (QED) is 0.355. The van der Waals surface area contributed by atoms with Crippen LogP contribution in [0.4, 0.5) is 5.69 Å². The molecule has 2 N–H and O–H groups in total. The third-order valence-corrected chi connectivity index (χ3v) is 8.11. The van der Waals surface area contributed by atoms with E-state index in [4.69, 9.17) is 16.3 Å². The van der Waals surface area contributed by atoms with Gasteiger partial charge in [0.15, 0.2) is 6.29 Å². The van der Waals surface area contributed by atoms with Crippen LogP contribution in [0.2, 0.25) is 5.02 Å². The van der Waals surface area contributed by atoms with Crippen molar-refractivity contribution in [2.24, 2.45) is 11.8 Å². The molecule has 1 saturated carbocycles. The van der Waals surface area contributed by atoms with Crippen LogP contribution in [-0.4, -0.2) is 37.5 Å². The number of ether oxygens (including phenoxy) is 1. The SMILES string of the molecule is COC(O)C1CCC(CNC(=O)c2cc(Cl)cc3c2N(Cc2ccc(-c4ccccc4)cc2)CC3)CC1. The number of methoxy groups -OCH3 is 1. The van der Waals surface area contributed by atoms with Gasteiger partial charge in [0.1, 0.15) is 0 Å². The van der Waals surface area contributed by atoms with Crippen molar-refractivity contribution in [3.63, 3.8) is 0 Å². The van der Waals surface area contributed by atoms with E-state index < -0.39 is 6.29 Å². The largest absolute Gasteiger partial charge is 0.368 e. The maximum absolute atomic E-state index is 13.4. The molecule has 5 rings (SSSR count). The minimum Gasteiger partial charge on any atom is -0.368 e. The second kappa shape index (κ2) is 11.7. The smallest absolute Gasteiger partial charge is 0.253 e. The average molecular weight is 519 g/mol. The number of benzene rings is 3. The second-order valence-corrected chi connectivity index (χ2v) is 10.7. The fourth-order valence-corrected chi connectivity index (χ4v) is 6.01. The average Bonchev–Trinajstić information content (AvgIpc) is 3.34. The number of fused-ring (bicyclic) bond motifs is 1. The molecule has 37 heavy (non-hydrogen) atoms. The van der Waals surface area contributed by atoms with Gasteiger partial charge in [-0.3, -0.25) is 4.79 Å². The molecular weight excluding hydrogens is 484 g/mol. The van der Waals surface area contributed by atoms with Gasteiger partial charge in [-0.2, -0.15) is 0 Å². The van der Waals surface area contributed by atoms with Crippen LogP contribution in [0.15, 0.2) is 66.7 Å². The zero-order chi connectivity index (χ0) is 25.8. The molecule has 6 heteroatoms. The van der Waals surface area contributed by atoms with Crippen molar-refractivity contribution < 1.29 is 14.6 Å². The highest BCUT2D eigenvalue weighted by molar-refractivity contribution is 6.31. The summed E-state index contributed by atoms with van der Waals surface area (Å²) < 4.78 is 5.08. The molecule has 1 amide bonds. The second-order valence-electron chi connectivity index (χ2n) is 10.3. The molecule has 194 valence electrons. The lowest BCUT2D eigenvalue weighted by atomic mass is 9.81. The molecule has 0 aromatic heterocycles. The summed E-state index contributed by atoms with van der Waals surface area (Å²) in [4.78, 5) is 15.7. The van der Waals surface area contributed by atoms with Crippen molar-refractivity contribution in [2.75, 3.05) is 25.1 Å². The van der Waals surface area contributed by atoms with Crippen LogP contribution < -0.4 is 10.2 Å². The van der Waals surface area contributed by atoms with E-state index in [0.29, 0.717) is 23.0 Å². The van der Waals surface area contributed by atoms with Crippen LogP contribution in [0.3, 0.4) is 0 Å². The number of halogens is 1. The van der Waals surface area contributed by atoms with E-state index in [1.807, 2.05) is 12.1 Å². The van der Waals surface area contributed by atoms with Crippen molar-refractivity contribution >= 4 is 23.2 Å². The number of anilines is 1. The van der Waals surface area contributed by atoms with Crippen molar-refractivity contribution in [1.29, 1.82) is 0 Å². The molecule has 0 bridgehead atoms. The lowest BCUT2D eigenvalue weighted by Crippen LogP contribution is -2.34. The predicted octanol–water partition coefficient (Wildman–Crippen LogP) is 6.07. The summed E-state index contributed by atoms with van der Waals surface area (Å²) >= 11 is 6.43. The Balaban J connectivity index is 1.25. The van der Waals surface area contributed by atoms with Crippen molar-refractivity contribution in [1.82, 2.24) is 5.32 Å². The number of nitrogens with zero attached hydrogens (tertiary/aromatic N) is 1. The van der Waals surface area contributed by atoms with Gasteiger partial charge in [0.05, 0.1) is 11.3 Å². The minimum atomic E-state index is -0.690. The summed E-state index contributed by atoms with van der Waals surface area (Å²) in [5.74, 6) is 0.531. The van der Waals surface area contributed by atoms with E-state index in [-0.39, 0.29) is 11.8 Å². The first-order chi connectivity index (χ1) is 18.0. The summed E-state index contributed by atoms with van der Waals surface area (Å²) in [6.07, 6.45) is 3.97. The van der Waals surface area contributed by atoms with E-state index in [2.05, 4.69) is 58.7 Å². The number of amides is 1. The molecule has 1 fully saturated rings. The van der Waals surface area contributed by atoms with E-state index in [1.165, 1.54) is 16.7 Å². The highest BCUT2D eigenvalue weighted by atomic mass is 35.5. The molecule has 3 aromatic carbocycles. The molecular formula is C31H35ClN2O3. The number of aliphatic hydroxyl groups excluding tert-OH is 1. The van der Waals surface area contributed by atoms with Crippen LogP contribution in [0.1, 0.15) is 47.2 Å². The fourth-order valence-electron chi connectivity index (χ4n) is 5.77. The molecule has 2 aliphatic rings. The van der Waals surface area contributed by atoms with Gasteiger partial charge in [0.2, 0.25) is 0 Å². The summed E-state index contributed by atoms with van der Waals surface area (Å²) in [6.45, 7) is 2.24. The normalized spacial score (nSPS) is 19.9. The summed E-state index contributed by atoms with van der Waals surface area (Å²) in [7, 11) is 1.55. The molecule has 3 aromatic rings. The van der Waals surface area contributed by atoms with Gasteiger partial charge in [0.25, 0.3) is 5.91 Å². The zero-order valence-corrected chi connectivity index (χ0v) is 22.1. The van der Waals surface area contributed by atoms with E-state index >= 15 is 0 Å². The Bertz CT molecular complexity index is 1210. The predicted molar refractivity (Wildman–Crippen MR) is 149 cm³/mol. The van der Waals surface area contributed by atoms with Gasteiger partial charge < -0.3 is 20.1 Å².